The summed E-state index contributed by atoms with van der Waals surface area (Å²) in [5.41, 5.74) is 4.26. The molecule has 0 heterocycles. The Kier molecular flexibility index (Phi) is 9.85. The number of hydrogen-bond acceptors (Lipinski definition) is 5. The molecule has 2 N–H and O–H groups in total. The summed E-state index contributed by atoms with van der Waals surface area (Å²) in [6.45, 7) is 25.3. The summed E-state index contributed by atoms with van der Waals surface area (Å²) in [7, 11) is 0. The molecular weight excluding hydrogens is 608 g/mol. The quantitative estimate of drug-likeness (QED) is 0.183. The van der Waals surface area contributed by atoms with Crippen LogP contribution in [-0.4, -0.2) is 55.2 Å². The highest BCUT2D eigenvalue weighted by molar-refractivity contribution is 5.84. The van der Waals surface area contributed by atoms with Gasteiger partial charge in [-0.15, -0.1) is 0 Å². The maximum atomic E-state index is 14.4. The van der Waals surface area contributed by atoms with Gasteiger partial charge in [0.2, 0.25) is 5.91 Å². The minimum Gasteiger partial charge on any atom is -0.429 e. The van der Waals surface area contributed by atoms with Gasteiger partial charge in [0.25, 0.3) is 6.47 Å². The van der Waals surface area contributed by atoms with Crippen molar-refractivity contribution in [2.24, 2.45) is 56.7 Å². The van der Waals surface area contributed by atoms with E-state index in [4.69, 9.17) is 4.74 Å². The summed E-state index contributed by atoms with van der Waals surface area (Å²) in [6.07, 6.45) is 12.7. The SMILES string of the molecule is C=C(C)[C@@H]1CC[C@]2(C(=O)NCCN(CC)CCO)CC[C@]3(C)[C@H](CC[C@@H]4[C@@]5(C)CC=C(c6ccc(OC=O)cc6)C(C)(C)[C@@H]5CC[C@]43C)[C@@H]12. The van der Waals surface area contributed by atoms with E-state index in [0.29, 0.717) is 54.9 Å². The third-order valence-corrected chi connectivity index (χ3v) is 16.0. The molecule has 0 aliphatic heterocycles. The fourth-order valence-corrected chi connectivity index (χ4v) is 13.5. The predicted molar refractivity (Wildman–Crippen MR) is 198 cm³/mol. The standard InChI is InChI=1S/C43H64N2O4/c1-9-45(26-27-46)25-24-44-38(48)43-21-16-32(29(2)3)37(43)34-14-15-36-40(6)19-17-33(30-10-12-31(13-11-30)49-28-47)39(4,5)35(40)18-20-42(36,8)41(34,7)22-23-43/h10-13,17,28,32,34-37,46H,2,9,14-16,18-27H2,1,3-8H3,(H,44,48)/t32-,34+,35-,36+,37+,40-,41+,42+,43-/m0/s1. The minimum absolute atomic E-state index is 0.0277. The number of amides is 1. The number of fused-ring (bicyclic) bond motifs is 7. The largest absolute Gasteiger partial charge is 0.429 e. The van der Waals surface area contributed by atoms with Crippen LogP contribution in [0.3, 0.4) is 0 Å². The van der Waals surface area contributed by atoms with Crippen molar-refractivity contribution in [3.63, 3.8) is 0 Å². The Morgan fingerprint density at radius 2 is 1.71 bits per heavy atom. The molecule has 0 saturated heterocycles. The van der Waals surface area contributed by atoms with E-state index >= 15 is 0 Å². The molecule has 0 aromatic heterocycles. The van der Waals surface area contributed by atoms with E-state index < -0.39 is 0 Å². The van der Waals surface area contributed by atoms with Gasteiger partial charge >= 0.3 is 0 Å². The highest BCUT2D eigenvalue weighted by Gasteiger charge is 2.71. The molecule has 0 unspecified atom stereocenters. The molecule has 0 bridgehead atoms. The molecule has 5 aliphatic carbocycles. The number of hydrogen-bond donors (Lipinski definition) is 2. The number of rotatable bonds is 11. The van der Waals surface area contributed by atoms with Crippen LogP contribution in [0.25, 0.3) is 5.57 Å². The maximum absolute atomic E-state index is 14.4. The summed E-state index contributed by atoms with van der Waals surface area (Å²) < 4.78 is 5.09. The van der Waals surface area contributed by atoms with E-state index in [0.717, 1.165) is 45.2 Å². The number of nitrogens with zero attached hydrogens (tertiary/aromatic N) is 1. The van der Waals surface area contributed by atoms with Crippen LogP contribution in [0.15, 0.2) is 42.5 Å². The van der Waals surface area contributed by atoms with Crippen molar-refractivity contribution in [1.82, 2.24) is 10.2 Å². The van der Waals surface area contributed by atoms with E-state index in [1.807, 2.05) is 12.1 Å². The van der Waals surface area contributed by atoms with Crippen LogP contribution < -0.4 is 10.1 Å². The van der Waals surface area contributed by atoms with Gasteiger partial charge in [0, 0.05) is 19.6 Å². The molecule has 4 saturated carbocycles. The molecule has 0 spiro atoms. The Balaban J connectivity index is 1.28. The number of likely N-dealkylation sites (N-methyl/N-ethyl adjacent to an activating group) is 1. The molecule has 1 aromatic carbocycles. The van der Waals surface area contributed by atoms with Crippen LogP contribution in [-0.2, 0) is 9.59 Å². The molecule has 5 aliphatic rings. The van der Waals surface area contributed by atoms with E-state index in [1.54, 1.807) is 0 Å². The van der Waals surface area contributed by atoms with Crippen LogP contribution in [0.2, 0.25) is 0 Å². The lowest BCUT2D eigenvalue weighted by Gasteiger charge is -2.72. The van der Waals surface area contributed by atoms with Crippen molar-refractivity contribution < 1.29 is 19.4 Å². The van der Waals surface area contributed by atoms with E-state index in [-0.39, 0.29) is 39.6 Å². The Bertz CT molecular complexity index is 1450. The number of aliphatic hydroxyl groups excluding tert-OH is 1. The smallest absolute Gasteiger partial charge is 0.298 e. The first-order valence-corrected chi connectivity index (χ1v) is 19.4. The van der Waals surface area contributed by atoms with Gasteiger partial charge in [-0.1, -0.05) is 71.9 Å². The third kappa shape index (κ3) is 5.57. The second-order valence-electron chi connectivity index (χ2n) is 18.0. The molecule has 49 heavy (non-hydrogen) atoms. The van der Waals surface area contributed by atoms with Gasteiger partial charge in [-0.3, -0.25) is 14.5 Å². The zero-order chi connectivity index (χ0) is 35.4. The molecule has 1 amide bonds. The second kappa shape index (κ2) is 13.3. The first kappa shape index (κ1) is 36.4. The van der Waals surface area contributed by atoms with Crippen molar-refractivity contribution in [2.45, 2.75) is 106 Å². The van der Waals surface area contributed by atoms with Gasteiger partial charge in [0.1, 0.15) is 5.75 Å². The summed E-state index contributed by atoms with van der Waals surface area (Å²) >= 11 is 0. The highest BCUT2D eigenvalue weighted by Crippen LogP contribution is 2.77. The summed E-state index contributed by atoms with van der Waals surface area (Å²) in [5, 5.41) is 12.9. The van der Waals surface area contributed by atoms with Crippen molar-refractivity contribution in [3.8, 4) is 5.75 Å². The van der Waals surface area contributed by atoms with Gasteiger partial charge in [-0.05, 0) is 146 Å². The van der Waals surface area contributed by atoms with Gasteiger partial charge in [-0.25, -0.2) is 0 Å². The molecule has 270 valence electrons. The molecule has 6 heteroatoms. The average molecular weight is 673 g/mol. The van der Waals surface area contributed by atoms with Crippen molar-refractivity contribution in [2.75, 3.05) is 32.8 Å². The fourth-order valence-electron chi connectivity index (χ4n) is 13.5. The number of aliphatic hydroxyl groups is 1. The van der Waals surface area contributed by atoms with Crippen LogP contribution in [0, 0.1) is 56.7 Å². The predicted octanol–water partition coefficient (Wildman–Crippen LogP) is 8.30. The zero-order valence-corrected chi connectivity index (χ0v) is 31.6. The van der Waals surface area contributed by atoms with Crippen LogP contribution in [0.4, 0.5) is 0 Å². The second-order valence-corrected chi connectivity index (χ2v) is 18.0. The lowest BCUT2D eigenvalue weighted by molar-refractivity contribution is -0.225. The molecular formula is C43H64N2O4. The molecule has 4 fully saturated rings. The first-order valence-electron chi connectivity index (χ1n) is 19.4. The monoisotopic (exact) mass is 672 g/mol. The lowest BCUT2D eigenvalue weighted by atomic mass is 9.32. The third-order valence-electron chi connectivity index (χ3n) is 16.0. The van der Waals surface area contributed by atoms with Crippen molar-refractivity contribution in [1.29, 1.82) is 0 Å². The van der Waals surface area contributed by atoms with Crippen LogP contribution in [0.5, 0.6) is 5.75 Å². The molecule has 6 nitrogen and oxygen atoms in total. The number of allylic oxidation sites excluding steroid dienone is 3. The Labute approximate surface area is 296 Å². The van der Waals surface area contributed by atoms with Crippen LogP contribution in [0.1, 0.15) is 112 Å². The number of nitrogens with one attached hydrogen (secondary N) is 1. The van der Waals surface area contributed by atoms with Gasteiger partial charge in [0.05, 0.1) is 12.0 Å². The first-order chi connectivity index (χ1) is 23.2. The molecule has 0 radical (unpaired) electrons. The van der Waals surface area contributed by atoms with Crippen molar-refractivity contribution >= 4 is 18.0 Å². The van der Waals surface area contributed by atoms with Gasteiger partial charge < -0.3 is 15.2 Å². The number of carbonyl (C=O) groups excluding carboxylic acids is 2. The lowest BCUT2D eigenvalue weighted by Crippen LogP contribution is -2.66. The molecule has 9 atom stereocenters. The van der Waals surface area contributed by atoms with Crippen molar-refractivity contribution in [3.05, 3.63) is 48.1 Å². The van der Waals surface area contributed by atoms with E-state index in [2.05, 4.69) is 83.5 Å². The number of benzene rings is 1. The van der Waals surface area contributed by atoms with E-state index in [1.165, 1.54) is 42.4 Å². The van der Waals surface area contributed by atoms with Gasteiger partial charge in [0.15, 0.2) is 0 Å². The average Bonchev–Trinajstić information content (AvgIpc) is 3.46. The zero-order valence-electron chi connectivity index (χ0n) is 31.6. The normalized spacial score (nSPS) is 39.1. The molecule has 6 rings (SSSR count). The Morgan fingerprint density at radius 1 is 0.980 bits per heavy atom. The Hall–Kier alpha value is -2.44. The number of carbonyl (C=O) groups is 2. The van der Waals surface area contributed by atoms with E-state index in [9.17, 15) is 14.7 Å². The minimum atomic E-state index is -0.303. The number of ether oxygens (including phenoxy) is 1. The topological polar surface area (TPSA) is 78.9 Å². The van der Waals surface area contributed by atoms with Crippen LogP contribution >= 0.6 is 0 Å². The fraction of sp³-hybridized carbons (Fsp3) is 0.721. The molecule has 1 aromatic rings. The Morgan fingerprint density at radius 3 is 2.37 bits per heavy atom. The maximum Gasteiger partial charge on any atom is 0.298 e. The highest BCUT2D eigenvalue weighted by atomic mass is 16.5. The summed E-state index contributed by atoms with van der Waals surface area (Å²) in [5.74, 6) is 3.37. The summed E-state index contributed by atoms with van der Waals surface area (Å²) in [4.78, 5) is 27.5. The summed E-state index contributed by atoms with van der Waals surface area (Å²) in [6, 6.07) is 8.06. The van der Waals surface area contributed by atoms with Gasteiger partial charge in [-0.2, -0.15) is 0 Å².